The van der Waals surface area contributed by atoms with Crippen LogP contribution in [0.4, 0.5) is 0 Å². The van der Waals surface area contributed by atoms with Gasteiger partial charge < -0.3 is 14.8 Å². The molecule has 0 bridgehead atoms. The smallest absolute Gasteiger partial charge is 0.222 e. The zero-order chi connectivity index (χ0) is 23.4. The van der Waals surface area contributed by atoms with E-state index in [9.17, 15) is 0 Å². The van der Waals surface area contributed by atoms with Gasteiger partial charge in [-0.25, -0.2) is 9.97 Å². The molecule has 1 aliphatic rings. The molecule has 0 amide bonds. The SMILES string of the molecule is COc1ccc2c(c1)CCNC2(Cc1ccc(OCc2ccccc2)cc1)c1ccnc(Cl)n1. The maximum Gasteiger partial charge on any atom is 0.222 e. The molecule has 34 heavy (non-hydrogen) atoms. The number of nitrogens with zero attached hydrogens (tertiary/aromatic N) is 2. The molecule has 1 aliphatic heterocycles. The van der Waals surface area contributed by atoms with Crippen molar-refractivity contribution in [1.29, 1.82) is 0 Å². The summed E-state index contributed by atoms with van der Waals surface area (Å²) in [6.07, 6.45) is 3.34. The molecule has 1 atom stereocenters. The van der Waals surface area contributed by atoms with Gasteiger partial charge in [-0.15, -0.1) is 0 Å². The maximum atomic E-state index is 6.22. The Balaban J connectivity index is 1.46. The van der Waals surface area contributed by atoms with Gasteiger partial charge in [0.25, 0.3) is 0 Å². The molecule has 172 valence electrons. The molecule has 0 saturated heterocycles. The molecule has 1 aromatic heterocycles. The molecule has 3 aromatic carbocycles. The van der Waals surface area contributed by atoms with E-state index in [0.717, 1.165) is 41.3 Å². The molecule has 5 nitrogen and oxygen atoms in total. The van der Waals surface area contributed by atoms with E-state index in [1.807, 2.05) is 42.5 Å². The van der Waals surface area contributed by atoms with E-state index in [0.29, 0.717) is 13.0 Å². The molecular formula is C28H26ClN3O2. The average Bonchev–Trinajstić information content (AvgIpc) is 2.88. The summed E-state index contributed by atoms with van der Waals surface area (Å²) in [5, 5.41) is 4.00. The highest BCUT2D eigenvalue weighted by atomic mass is 35.5. The Morgan fingerprint density at radius 2 is 1.74 bits per heavy atom. The molecule has 0 radical (unpaired) electrons. The van der Waals surface area contributed by atoms with Gasteiger partial charge in [-0.05, 0) is 70.6 Å². The van der Waals surface area contributed by atoms with Gasteiger partial charge in [0.15, 0.2) is 0 Å². The van der Waals surface area contributed by atoms with Crippen molar-refractivity contribution < 1.29 is 9.47 Å². The lowest BCUT2D eigenvalue weighted by molar-refractivity contribution is 0.306. The topological polar surface area (TPSA) is 56.3 Å². The molecule has 0 saturated carbocycles. The summed E-state index contributed by atoms with van der Waals surface area (Å²) in [6.45, 7) is 1.36. The first kappa shape index (κ1) is 22.4. The summed E-state index contributed by atoms with van der Waals surface area (Å²) in [4.78, 5) is 8.73. The van der Waals surface area contributed by atoms with Crippen molar-refractivity contribution in [2.24, 2.45) is 0 Å². The van der Waals surface area contributed by atoms with E-state index in [2.05, 4.69) is 51.7 Å². The molecular weight excluding hydrogens is 446 g/mol. The third-order valence-corrected chi connectivity index (χ3v) is 6.48. The highest BCUT2D eigenvalue weighted by Gasteiger charge is 2.40. The molecule has 0 aliphatic carbocycles. The fraction of sp³-hybridized carbons (Fsp3) is 0.214. The summed E-state index contributed by atoms with van der Waals surface area (Å²) in [5.41, 5.74) is 5.05. The summed E-state index contributed by atoms with van der Waals surface area (Å²) in [5.74, 6) is 1.70. The van der Waals surface area contributed by atoms with Crippen molar-refractivity contribution in [3.8, 4) is 11.5 Å². The van der Waals surface area contributed by atoms with Crippen LogP contribution in [0.3, 0.4) is 0 Å². The van der Waals surface area contributed by atoms with Crippen LogP contribution in [-0.4, -0.2) is 23.6 Å². The molecule has 6 heteroatoms. The van der Waals surface area contributed by atoms with Crippen molar-refractivity contribution >= 4 is 11.6 Å². The van der Waals surface area contributed by atoms with Gasteiger partial charge in [0, 0.05) is 19.2 Å². The predicted octanol–water partition coefficient (Wildman–Crippen LogP) is 5.35. The fourth-order valence-corrected chi connectivity index (χ4v) is 4.77. The molecule has 0 fully saturated rings. The lowest BCUT2D eigenvalue weighted by atomic mass is 9.75. The first-order chi connectivity index (χ1) is 16.7. The Morgan fingerprint density at radius 3 is 2.50 bits per heavy atom. The van der Waals surface area contributed by atoms with Crippen LogP contribution in [0, 0.1) is 0 Å². The third-order valence-electron chi connectivity index (χ3n) is 6.30. The zero-order valence-corrected chi connectivity index (χ0v) is 19.8. The molecule has 1 N–H and O–H groups in total. The van der Waals surface area contributed by atoms with Crippen molar-refractivity contribution in [3.05, 3.63) is 118 Å². The van der Waals surface area contributed by atoms with Gasteiger partial charge in [-0.1, -0.05) is 48.5 Å². The zero-order valence-electron chi connectivity index (χ0n) is 19.0. The van der Waals surface area contributed by atoms with E-state index in [1.165, 1.54) is 11.1 Å². The van der Waals surface area contributed by atoms with E-state index in [1.54, 1.807) is 13.3 Å². The van der Waals surface area contributed by atoms with Crippen LogP contribution in [0.5, 0.6) is 11.5 Å². The van der Waals surface area contributed by atoms with Crippen molar-refractivity contribution in [1.82, 2.24) is 15.3 Å². The van der Waals surface area contributed by atoms with Crippen LogP contribution >= 0.6 is 11.6 Å². The highest BCUT2D eigenvalue weighted by molar-refractivity contribution is 6.28. The Kier molecular flexibility index (Phi) is 6.48. The number of methoxy groups -OCH3 is 1. The molecule has 4 aromatic rings. The number of rotatable bonds is 7. The largest absolute Gasteiger partial charge is 0.497 e. The van der Waals surface area contributed by atoms with Crippen LogP contribution in [0.25, 0.3) is 0 Å². The third kappa shape index (κ3) is 4.63. The minimum Gasteiger partial charge on any atom is -0.497 e. The number of nitrogens with one attached hydrogen (secondary N) is 1. The van der Waals surface area contributed by atoms with Crippen molar-refractivity contribution in [3.63, 3.8) is 0 Å². The van der Waals surface area contributed by atoms with Crippen LogP contribution < -0.4 is 14.8 Å². The van der Waals surface area contributed by atoms with Gasteiger partial charge in [0.1, 0.15) is 18.1 Å². The minimum atomic E-state index is -0.529. The summed E-state index contributed by atoms with van der Waals surface area (Å²) >= 11 is 6.22. The second kappa shape index (κ2) is 9.84. The standard InChI is InChI=1S/C28H26ClN3O2/c1-33-24-11-12-25-22(17-24)13-16-31-28(25,26-14-15-30-27(29)32-26)18-20-7-9-23(10-8-20)34-19-21-5-3-2-4-6-21/h2-12,14-15,17,31H,13,16,18-19H2,1H3. The van der Waals surface area contributed by atoms with Crippen molar-refractivity contribution in [2.75, 3.05) is 13.7 Å². The van der Waals surface area contributed by atoms with E-state index in [4.69, 9.17) is 21.1 Å². The van der Waals surface area contributed by atoms with Crippen LogP contribution in [0.1, 0.15) is 27.9 Å². The predicted molar refractivity (Wildman–Crippen MR) is 133 cm³/mol. The molecule has 2 heterocycles. The number of halogens is 1. The first-order valence-electron chi connectivity index (χ1n) is 11.3. The van der Waals surface area contributed by atoms with Gasteiger partial charge in [0.2, 0.25) is 5.28 Å². The Hall–Kier alpha value is -3.41. The Bertz CT molecular complexity index is 1260. The number of fused-ring (bicyclic) bond motifs is 1. The quantitative estimate of drug-likeness (QED) is 0.368. The Morgan fingerprint density at radius 1 is 0.941 bits per heavy atom. The van der Waals surface area contributed by atoms with Crippen molar-refractivity contribution in [2.45, 2.75) is 25.0 Å². The van der Waals surface area contributed by atoms with Gasteiger partial charge in [0.05, 0.1) is 18.3 Å². The second-order valence-electron chi connectivity index (χ2n) is 8.41. The second-order valence-corrected chi connectivity index (χ2v) is 8.75. The van der Waals surface area contributed by atoms with E-state index in [-0.39, 0.29) is 5.28 Å². The number of benzene rings is 3. The lowest BCUT2D eigenvalue weighted by Gasteiger charge is -2.40. The van der Waals surface area contributed by atoms with Crippen LogP contribution in [-0.2, 0) is 25.0 Å². The molecule has 5 rings (SSSR count). The highest BCUT2D eigenvalue weighted by Crippen LogP contribution is 2.39. The fourth-order valence-electron chi connectivity index (χ4n) is 4.63. The first-order valence-corrected chi connectivity index (χ1v) is 11.7. The van der Waals surface area contributed by atoms with Crippen LogP contribution in [0.15, 0.2) is 85.1 Å². The monoisotopic (exact) mass is 471 g/mol. The molecule has 0 spiro atoms. The van der Waals surface area contributed by atoms with E-state index >= 15 is 0 Å². The maximum absolute atomic E-state index is 6.22. The number of ether oxygens (including phenoxy) is 2. The summed E-state index contributed by atoms with van der Waals surface area (Å²) in [6, 6.07) is 26.6. The van der Waals surface area contributed by atoms with Gasteiger partial charge in [-0.3, -0.25) is 0 Å². The van der Waals surface area contributed by atoms with Gasteiger partial charge in [-0.2, -0.15) is 0 Å². The molecule has 1 unspecified atom stereocenters. The minimum absolute atomic E-state index is 0.240. The summed E-state index contributed by atoms with van der Waals surface area (Å²) < 4.78 is 11.5. The van der Waals surface area contributed by atoms with Crippen LogP contribution in [0.2, 0.25) is 5.28 Å². The number of hydrogen-bond acceptors (Lipinski definition) is 5. The van der Waals surface area contributed by atoms with E-state index < -0.39 is 5.54 Å². The average molecular weight is 472 g/mol. The summed E-state index contributed by atoms with van der Waals surface area (Å²) in [7, 11) is 1.70. The Labute approximate surface area is 204 Å². The number of aromatic nitrogens is 2. The lowest BCUT2D eigenvalue weighted by Crippen LogP contribution is -2.50. The van der Waals surface area contributed by atoms with Gasteiger partial charge >= 0.3 is 0 Å². The number of hydrogen-bond donors (Lipinski definition) is 1. The normalized spacial score (nSPS) is 17.1.